The minimum Gasteiger partial charge on any atom is -0.481 e. The average molecular weight is 238 g/mol. The van der Waals surface area contributed by atoms with Crippen molar-refractivity contribution in [3.05, 3.63) is 17.5 Å². The predicted molar refractivity (Wildman–Crippen MR) is 57.4 cm³/mol. The Balaban J connectivity index is 2.13. The molecule has 6 heteroatoms. The van der Waals surface area contributed by atoms with Crippen LogP contribution in [0.5, 0.6) is 0 Å². The minimum absolute atomic E-state index is 0.0420. The third-order valence-corrected chi connectivity index (χ3v) is 3.16. The van der Waals surface area contributed by atoms with Gasteiger partial charge in [-0.25, -0.2) is 0 Å². The van der Waals surface area contributed by atoms with Crippen LogP contribution in [-0.2, 0) is 4.79 Å². The Morgan fingerprint density at radius 2 is 2.24 bits per heavy atom. The van der Waals surface area contributed by atoms with Gasteiger partial charge in [-0.15, -0.1) is 0 Å². The van der Waals surface area contributed by atoms with E-state index in [9.17, 15) is 9.59 Å². The summed E-state index contributed by atoms with van der Waals surface area (Å²) >= 11 is 0. The second-order valence-electron chi connectivity index (χ2n) is 4.47. The van der Waals surface area contributed by atoms with E-state index in [4.69, 9.17) is 9.63 Å². The van der Waals surface area contributed by atoms with Crippen LogP contribution in [0.1, 0.15) is 23.0 Å². The lowest BCUT2D eigenvalue weighted by molar-refractivity contribution is -0.142. The molecule has 0 unspecified atom stereocenters. The summed E-state index contributed by atoms with van der Waals surface area (Å²) in [6.07, 6.45) is 1.47. The van der Waals surface area contributed by atoms with Crippen molar-refractivity contribution in [2.75, 3.05) is 13.1 Å². The van der Waals surface area contributed by atoms with Crippen LogP contribution < -0.4 is 0 Å². The lowest BCUT2D eigenvalue weighted by Crippen LogP contribution is -2.30. The summed E-state index contributed by atoms with van der Waals surface area (Å²) in [5.74, 6) is -1.48. The molecular weight excluding hydrogens is 224 g/mol. The highest BCUT2D eigenvalue weighted by atomic mass is 16.5. The highest BCUT2D eigenvalue weighted by Gasteiger charge is 2.38. The van der Waals surface area contributed by atoms with Gasteiger partial charge in [0, 0.05) is 18.7 Å². The first-order valence-electron chi connectivity index (χ1n) is 5.44. The van der Waals surface area contributed by atoms with E-state index >= 15 is 0 Å². The number of aromatic nitrogens is 1. The number of carboxylic acid groups (broad SMARTS) is 1. The fourth-order valence-electron chi connectivity index (χ4n) is 2.09. The number of likely N-dealkylation sites (tertiary alicyclic amines) is 1. The highest BCUT2D eigenvalue weighted by Crippen LogP contribution is 2.25. The van der Waals surface area contributed by atoms with Crippen molar-refractivity contribution in [1.29, 1.82) is 0 Å². The molecule has 1 saturated heterocycles. The fourth-order valence-corrected chi connectivity index (χ4v) is 2.09. The van der Waals surface area contributed by atoms with Gasteiger partial charge in [-0.3, -0.25) is 9.59 Å². The third kappa shape index (κ3) is 2.02. The van der Waals surface area contributed by atoms with Crippen LogP contribution in [0.25, 0.3) is 0 Å². The monoisotopic (exact) mass is 238 g/mol. The third-order valence-electron chi connectivity index (χ3n) is 3.16. The van der Waals surface area contributed by atoms with Crippen molar-refractivity contribution in [2.45, 2.75) is 13.8 Å². The van der Waals surface area contributed by atoms with Gasteiger partial charge in [-0.2, -0.15) is 0 Å². The summed E-state index contributed by atoms with van der Waals surface area (Å²) in [5.41, 5.74) is 0.668. The van der Waals surface area contributed by atoms with E-state index in [0.717, 1.165) is 0 Å². The Morgan fingerprint density at radius 1 is 1.53 bits per heavy atom. The zero-order valence-electron chi connectivity index (χ0n) is 9.71. The largest absolute Gasteiger partial charge is 0.481 e. The molecule has 1 amide bonds. The van der Waals surface area contributed by atoms with Crippen LogP contribution in [0.3, 0.4) is 0 Å². The van der Waals surface area contributed by atoms with E-state index in [1.165, 1.54) is 11.1 Å². The van der Waals surface area contributed by atoms with Gasteiger partial charge in [0.05, 0.1) is 12.1 Å². The average Bonchev–Trinajstić information content (AvgIpc) is 2.83. The molecule has 2 rings (SSSR count). The number of aryl methyl sites for hydroxylation is 1. The van der Waals surface area contributed by atoms with Crippen LogP contribution in [0.4, 0.5) is 0 Å². The summed E-state index contributed by atoms with van der Waals surface area (Å²) in [7, 11) is 0. The molecule has 0 aromatic carbocycles. The number of rotatable bonds is 2. The molecular formula is C11H14N2O4. The molecule has 92 valence electrons. The number of carbonyl (C=O) groups is 2. The Kier molecular flexibility index (Phi) is 2.87. The van der Waals surface area contributed by atoms with Crippen LogP contribution >= 0.6 is 0 Å². The lowest BCUT2D eigenvalue weighted by atomic mass is 9.99. The topological polar surface area (TPSA) is 83.6 Å². The molecule has 1 aromatic heterocycles. The summed E-state index contributed by atoms with van der Waals surface area (Å²) in [4.78, 5) is 24.5. The Bertz CT molecular complexity index is 454. The van der Waals surface area contributed by atoms with Crippen molar-refractivity contribution in [3.63, 3.8) is 0 Å². The molecule has 1 fully saturated rings. The van der Waals surface area contributed by atoms with Crippen LogP contribution in [0, 0.1) is 18.8 Å². The van der Waals surface area contributed by atoms with Crippen molar-refractivity contribution in [2.24, 2.45) is 11.8 Å². The van der Waals surface area contributed by atoms with Crippen molar-refractivity contribution < 1.29 is 19.2 Å². The normalized spacial score (nSPS) is 24.0. The molecule has 6 nitrogen and oxygen atoms in total. The maximum absolute atomic E-state index is 12.0. The molecule has 2 heterocycles. The van der Waals surface area contributed by atoms with Gasteiger partial charge < -0.3 is 14.5 Å². The number of hydrogen-bond donors (Lipinski definition) is 1. The highest BCUT2D eigenvalue weighted by molar-refractivity contribution is 5.93. The molecule has 1 aliphatic heterocycles. The second kappa shape index (κ2) is 4.20. The van der Waals surface area contributed by atoms with Gasteiger partial charge in [-0.05, 0) is 12.8 Å². The van der Waals surface area contributed by atoms with Crippen molar-refractivity contribution in [1.82, 2.24) is 10.1 Å². The summed E-state index contributed by atoms with van der Waals surface area (Å²) in [6, 6.07) is 0. The van der Waals surface area contributed by atoms with Gasteiger partial charge in [-0.1, -0.05) is 12.1 Å². The standard InChI is InChI=1S/C11H14N2O4/c1-6-3-12-17-9(6)10(14)13-4-7(2)8(5-13)11(15)16/h3,7-8H,4-5H2,1-2H3,(H,15,16)/t7-,8-/m1/s1. The first-order valence-corrected chi connectivity index (χ1v) is 5.44. The molecule has 1 aromatic rings. The SMILES string of the molecule is Cc1cnoc1C(=O)N1C[C@@H](C)[C@H](C(=O)O)C1. The number of aliphatic carboxylic acids is 1. The smallest absolute Gasteiger partial charge is 0.308 e. The number of nitrogens with zero attached hydrogens (tertiary/aromatic N) is 2. The molecule has 2 atom stereocenters. The van der Waals surface area contributed by atoms with Crippen LogP contribution in [0.15, 0.2) is 10.7 Å². The molecule has 0 bridgehead atoms. The Labute approximate surface area is 98.2 Å². The lowest BCUT2D eigenvalue weighted by Gasteiger charge is -2.13. The molecule has 1 aliphatic rings. The maximum Gasteiger partial charge on any atom is 0.308 e. The second-order valence-corrected chi connectivity index (χ2v) is 4.47. The molecule has 0 spiro atoms. The Hall–Kier alpha value is -1.85. The van der Waals surface area contributed by atoms with E-state index in [1.807, 2.05) is 6.92 Å². The number of hydrogen-bond acceptors (Lipinski definition) is 4. The minimum atomic E-state index is -0.859. The zero-order valence-corrected chi connectivity index (χ0v) is 9.71. The first-order chi connectivity index (χ1) is 8.00. The molecule has 1 N–H and O–H groups in total. The quantitative estimate of drug-likeness (QED) is 0.822. The van der Waals surface area contributed by atoms with E-state index < -0.39 is 11.9 Å². The first kappa shape index (κ1) is 11.6. The Morgan fingerprint density at radius 3 is 2.71 bits per heavy atom. The number of amides is 1. The van der Waals surface area contributed by atoms with E-state index in [0.29, 0.717) is 12.1 Å². The van der Waals surface area contributed by atoms with E-state index in [2.05, 4.69) is 5.16 Å². The van der Waals surface area contributed by atoms with Gasteiger partial charge in [0.15, 0.2) is 0 Å². The summed E-state index contributed by atoms with van der Waals surface area (Å²) in [5, 5.41) is 12.5. The number of carboxylic acids is 1. The molecule has 17 heavy (non-hydrogen) atoms. The van der Waals surface area contributed by atoms with Gasteiger partial charge in [0.25, 0.3) is 5.91 Å². The fraction of sp³-hybridized carbons (Fsp3) is 0.545. The van der Waals surface area contributed by atoms with Gasteiger partial charge >= 0.3 is 5.97 Å². The molecule has 0 radical (unpaired) electrons. The van der Waals surface area contributed by atoms with Crippen molar-refractivity contribution >= 4 is 11.9 Å². The summed E-state index contributed by atoms with van der Waals surface area (Å²) in [6.45, 7) is 4.24. The van der Waals surface area contributed by atoms with E-state index in [-0.39, 0.29) is 24.1 Å². The summed E-state index contributed by atoms with van der Waals surface area (Å²) < 4.78 is 4.88. The maximum atomic E-state index is 12.0. The van der Waals surface area contributed by atoms with Crippen molar-refractivity contribution in [3.8, 4) is 0 Å². The van der Waals surface area contributed by atoms with E-state index in [1.54, 1.807) is 6.92 Å². The number of carbonyl (C=O) groups excluding carboxylic acids is 1. The zero-order chi connectivity index (χ0) is 12.6. The molecule has 0 saturated carbocycles. The van der Waals surface area contributed by atoms with Gasteiger partial charge in [0.2, 0.25) is 5.76 Å². The van der Waals surface area contributed by atoms with Gasteiger partial charge in [0.1, 0.15) is 0 Å². The van der Waals surface area contributed by atoms with Crippen LogP contribution in [-0.4, -0.2) is 40.1 Å². The predicted octanol–water partition coefficient (Wildman–Crippen LogP) is 0.776. The molecule has 0 aliphatic carbocycles. The van der Waals surface area contributed by atoms with Crippen LogP contribution in [0.2, 0.25) is 0 Å².